The summed E-state index contributed by atoms with van der Waals surface area (Å²) in [6, 6.07) is 10.5. The summed E-state index contributed by atoms with van der Waals surface area (Å²) in [5.74, 6) is 0.0240. The number of anilines is 1. The molecule has 0 bridgehead atoms. The van der Waals surface area contributed by atoms with E-state index < -0.39 is 22.0 Å². The number of carbonyl (C=O) groups is 1. The highest BCUT2D eigenvalue weighted by molar-refractivity contribution is 7.92. The lowest BCUT2D eigenvalue weighted by Gasteiger charge is -2.28. The number of hydrogen-bond acceptors (Lipinski definition) is 4. The van der Waals surface area contributed by atoms with Crippen molar-refractivity contribution in [3.8, 4) is 5.75 Å². The fourth-order valence-electron chi connectivity index (χ4n) is 2.55. The summed E-state index contributed by atoms with van der Waals surface area (Å²) in [5, 5.41) is 3.62. The van der Waals surface area contributed by atoms with Crippen LogP contribution >= 0.6 is 23.2 Å². The van der Waals surface area contributed by atoms with Crippen LogP contribution in [0.4, 0.5) is 5.69 Å². The summed E-state index contributed by atoms with van der Waals surface area (Å²) in [7, 11) is -2.23. The first-order valence-electron chi connectivity index (χ1n) is 7.98. The Balaban J connectivity index is 2.21. The second-order valence-corrected chi connectivity index (χ2v) is 8.59. The second-order valence-electron chi connectivity index (χ2n) is 5.89. The van der Waals surface area contributed by atoms with Crippen LogP contribution in [-0.2, 0) is 21.4 Å². The molecule has 0 aromatic heterocycles. The Hall–Kier alpha value is -1.96. The number of benzene rings is 2. The summed E-state index contributed by atoms with van der Waals surface area (Å²) >= 11 is 12.0. The van der Waals surface area contributed by atoms with Gasteiger partial charge in [0.15, 0.2) is 0 Å². The number of nitrogens with zero attached hydrogens (tertiary/aromatic N) is 1. The third-order valence-electron chi connectivity index (χ3n) is 3.86. The van der Waals surface area contributed by atoms with E-state index in [4.69, 9.17) is 27.9 Å². The van der Waals surface area contributed by atoms with Gasteiger partial charge in [-0.3, -0.25) is 9.10 Å². The summed E-state index contributed by atoms with van der Waals surface area (Å²) in [4.78, 5) is 12.6. The van der Waals surface area contributed by atoms with E-state index in [0.717, 1.165) is 10.6 Å². The number of hydrogen-bond donors (Lipinski definition) is 1. The van der Waals surface area contributed by atoms with Gasteiger partial charge < -0.3 is 10.1 Å². The molecule has 0 saturated carbocycles. The van der Waals surface area contributed by atoms with Crippen molar-refractivity contribution in [3.05, 3.63) is 58.1 Å². The van der Waals surface area contributed by atoms with Gasteiger partial charge in [-0.2, -0.15) is 0 Å². The van der Waals surface area contributed by atoms with Gasteiger partial charge in [-0.1, -0.05) is 35.3 Å². The van der Waals surface area contributed by atoms with Crippen molar-refractivity contribution in [2.45, 2.75) is 19.5 Å². The summed E-state index contributed by atoms with van der Waals surface area (Å²) in [6.45, 7) is 1.66. The predicted molar refractivity (Wildman–Crippen MR) is 108 cm³/mol. The number of methoxy groups -OCH3 is 1. The molecular formula is C18H20Cl2N2O4S. The van der Waals surface area contributed by atoms with Crippen LogP contribution < -0.4 is 14.4 Å². The lowest BCUT2D eigenvalue weighted by atomic mass is 10.2. The molecule has 0 heterocycles. The molecule has 0 fully saturated rings. The van der Waals surface area contributed by atoms with Crippen molar-refractivity contribution < 1.29 is 17.9 Å². The van der Waals surface area contributed by atoms with Crippen LogP contribution in [0.5, 0.6) is 5.75 Å². The van der Waals surface area contributed by atoms with Crippen LogP contribution in [0.2, 0.25) is 10.0 Å². The van der Waals surface area contributed by atoms with Crippen LogP contribution in [0.15, 0.2) is 42.5 Å². The van der Waals surface area contributed by atoms with Gasteiger partial charge in [0, 0.05) is 22.7 Å². The summed E-state index contributed by atoms with van der Waals surface area (Å²) in [5.41, 5.74) is 1.01. The highest BCUT2D eigenvalue weighted by Gasteiger charge is 2.29. The van der Waals surface area contributed by atoms with E-state index in [1.54, 1.807) is 42.5 Å². The second kappa shape index (κ2) is 8.82. The van der Waals surface area contributed by atoms with Crippen molar-refractivity contribution in [3.63, 3.8) is 0 Å². The van der Waals surface area contributed by atoms with Gasteiger partial charge in [0.1, 0.15) is 11.8 Å². The smallest absolute Gasteiger partial charge is 0.243 e. The van der Waals surface area contributed by atoms with E-state index in [2.05, 4.69) is 5.32 Å². The van der Waals surface area contributed by atoms with E-state index in [-0.39, 0.29) is 6.54 Å². The molecule has 0 aliphatic carbocycles. The zero-order valence-electron chi connectivity index (χ0n) is 15.1. The van der Waals surface area contributed by atoms with Gasteiger partial charge in [-0.05, 0) is 36.8 Å². The van der Waals surface area contributed by atoms with Gasteiger partial charge in [-0.25, -0.2) is 8.42 Å². The molecule has 1 N–H and O–H groups in total. The highest BCUT2D eigenvalue weighted by atomic mass is 35.5. The highest BCUT2D eigenvalue weighted by Crippen LogP contribution is 2.25. The topological polar surface area (TPSA) is 75.7 Å². The molecule has 9 heteroatoms. The molecule has 1 atom stereocenters. The van der Waals surface area contributed by atoms with Crippen molar-refractivity contribution in [2.24, 2.45) is 0 Å². The Labute approximate surface area is 169 Å². The average Bonchev–Trinajstić information content (AvgIpc) is 2.59. The van der Waals surface area contributed by atoms with Crippen molar-refractivity contribution in [1.82, 2.24) is 5.32 Å². The molecule has 2 rings (SSSR count). The molecule has 0 spiro atoms. The van der Waals surface area contributed by atoms with Gasteiger partial charge in [0.25, 0.3) is 0 Å². The number of ether oxygens (including phenoxy) is 1. The Morgan fingerprint density at radius 1 is 1.22 bits per heavy atom. The van der Waals surface area contributed by atoms with Crippen LogP contribution in [0.3, 0.4) is 0 Å². The van der Waals surface area contributed by atoms with Crippen LogP contribution in [0.25, 0.3) is 0 Å². The quantitative estimate of drug-likeness (QED) is 0.729. The van der Waals surface area contributed by atoms with Crippen LogP contribution in [0.1, 0.15) is 12.5 Å². The number of amides is 1. The first-order valence-corrected chi connectivity index (χ1v) is 10.6. The molecule has 2 aromatic rings. The third-order valence-corrected chi connectivity index (χ3v) is 5.69. The van der Waals surface area contributed by atoms with Crippen LogP contribution in [0, 0.1) is 0 Å². The normalized spacial score (nSPS) is 12.3. The van der Waals surface area contributed by atoms with E-state index >= 15 is 0 Å². The Morgan fingerprint density at radius 2 is 1.93 bits per heavy atom. The van der Waals surface area contributed by atoms with E-state index in [1.165, 1.54) is 14.0 Å². The Bertz CT molecular complexity index is 935. The maximum atomic E-state index is 12.6. The fourth-order valence-corrected chi connectivity index (χ4v) is 4.19. The molecule has 0 saturated heterocycles. The van der Waals surface area contributed by atoms with Gasteiger partial charge >= 0.3 is 0 Å². The van der Waals surface area contributed by atoms with E-state index in [9.17, 15) is 13.2 Å². The molecule has 0 radical (unpaired) electrons. The standard InChI is InChI=1S/C18H20Cl2N2O4S/c1-12(18(23)21-11-13-7-8-14(19)9-17(13)20)22(27(3,24)25)15-5-4-6-16(10-15)26-2/h4-10,12H,11H2,1-3H3,(H,21,23). The van der Waals surface area contributed by atoms with Gasteiger partial charge in [0.05, 0.1) is 19.1 Å². The Kier molecular flexibility index (Phi) is 6.97. The molecular weight excluding hydrogens is 411 g/mol. The minimum atomic E-state index is -3.71. The molecule has 6 nitrogen and oxygen atoms in total. The Morgan fingerprint density at radius 3 is 2.52 bits per heavy atom. The average molecular weight is 431 g/mol. The fraction of sp³-hybridized carbons (Fsp3) is 0.278. The number of sulfonamides is 1. The number of halogens is 2. The minimum absolute atomic E-state index is 0.148. The van der Waals surface area contributed by atoms with Crippen molar-refractivity contribution >= 4 is 44.8 Å². The SMILES string of the molecule is COc1cccc(N(C(C)C(=O)NCc2ccc(Cl)cc2Cl)S(C)(=O)=O)c1. The number of carbonyl (C=O) groups excluding carboxylic acids is 1. The van der Waals surface area contributed by atoms with Gasteiger partial charge in [0.2, 0.25) is 15.9 Å². The van der Waals surface area contributed by atoms with Gasteiger partial charge in [-0.15, -0.1) is 0 Å². The third kappa shape index (κ3) is 5.51. The zero-order chi connectivity index (χ0) is 20.2. The van der Waals surface area contributed by atoms with Crippen molar-refractivity contribution in [2.75, 3.05) is 17.7 Å². The molecule has 146 valence electrons. The first-order chi connectivity index (χ1) is 12.6. The van der Waals surface area contributed by atoms with E-state index in [1.807, 2.05) is 0 Å². The monoisotopic (exact) mass is 430 g/mol. The number of nitrogens with one attached hydrogen (secondary N) is 1. The summed E-state index contributed by atoms with van der Waals surface area (Å²) < 4.78 is 30.8. The molecule has 1 unspecified atom stereocenters. The maximum absolute atomic E-state index is 12.6. The number of rotatable bonds is 7. The minimum Gasteiger partial charge on any atom is -0.497 e. The molecule has 27 heavy (non-hydrogen) atoms. The zero-order valence-corrected chi connectivity index (χ0v) is 17.4. The van der Waals surface area contributed by atoms with Crippen molar-refractivity contribution in [1.29, 1.82) is 0 Å². The molecule has 1 amide bonds. The van der Waals surface area contributed by atoms with E-state index in [0.29, 0.717) is 27.0 Å². The molecule has 2 aromatic carbocycles. The maximum Gasteiger partial charge on any atom is 0.243 e. The molecule has 0 aliphatic heterocycles. The lowest BCUT2D eigenvalue weighted by molar-refractivity contribution is -0.122. The summed E-state index contributed by atoms with van der Waals surface area (Å²) in [6.07, 6.45) is 1.05. The first kappa shape index (κ1) is 21.3. The van der Waals surface area contributed by atoms with Crippen LogP contribution in [-0.4, -0.2) is 33.7 Å². The largest absolute Gasteiger partial charge is 0.497 e. The lowest BCUT2D eigenvalue weighted by Crippen LogP contribution is -2.47. The molecule has 0 aliphatic rings. The predicted octanol–water partition coefficient (Wildman–Crippen LogP) is 3.47.